The van der Waals surface area contributed by atoms with Crippen molar-refractivity contribution >= 4 is 15.8 Å². The number of aromatic nitrogens is 2. The van der Waals surface area contributed by atoms with Gasteiger partial charge in [0.25, 0.3) is 0 Å². The number of nitrogens with zero attached hydrogens (tertiary/aromatic N) is 3. The van der Waals surface area contributed by atoms with Crippen molar-refractivity contribution in [2.45, 2.75) is 43.5 Å². The summed E-state index contributed by atoms with van der Waals surface area (Å²) in [7, 11) is -1.49. The van der Waals surface area contributed by atoms with Crippen molar-refractivity contribution in [3.8, 4) is 0 Å². The average molecular weight is 340 g/mol. The molecule has 1 saturated carbocycles. The Hall–Kier alpha value is -1.25. The van der Waals surface area contributed by atoms with Gasteiger partial charge in [0, 0.05) is 32.5 Å². The van der Waals surface area contributed by atoms with Gasteiger partial charge in [0.05, 0.1) is 11.9 Å². The van der Waals surface area contributed by atoms with Gasteiger partial charge in [0.15, 0.2) is 0 Å². The van der Waals surface area contributed by atoms with E-state index < -0.39 is 10.0 Å². The molecule has 128 valence electrons. The third kappa shape index (κ3) is 3.49. The first-order valence-electron chi connectivity index (χ1n) is 8.22. The fourth-order valence-corrected chi connectivity index (χ4v) is 5.40. The fourth-order valence-electron chi connectivity index (χ4n) is 3.37. The molecule has 1 saturated heterocycles. The van der Waals surface area contributed by atoms with Crippen LogP contribution in [0.4, 0.5) is 5.82 Å². The van der Waals surface area contributed by atoms with Gasteiger partial charge in [0.2, 0.25) is 10.0 Å². The highest BCUT2D eigenvalue weighted by atomic mass is 32.2. The zero-order valence-corrected chi connectivity index (χ0v) is 14.3. The topological polar surface area (TPSA) is 84.4 Å². The number of morpholine rings is 1. The SMILES string of the molecule is CNc1nccnc1[C@H]1CN(S(=O)(=O)C2CCCCC2)CCO1. The van der Waals surface area contributed by atoms with E-state index in [0.717, 1.165) is 32.1 Å². The number of ether oxygens (including phenoxy) is 1. The van der Waals surface area contributed by atoms with E-state index in [1.54, 1.807) is 23.7 Å². The summed E-state index contributed by atoms with van der Waals surface area (Å²) in [4.78, 5) is 8.56. The Labute approximate surface area is 137 Å². The molecule has 1 aliphatic carbocycles. The minimum absolute atomic E-state index is 0.236. The van der Waals surface area contributed by atoms with Crippen LogP contribution < -0.4 is 5.32 Å². The predicted octanol–water partition coefficient (Wildman–Crippen LogP) is 1.55. The summed E-state index contributed by atoms with van der Waals surface area (Å²) < 4.78 is 33.1. The Morgan fingerprint density at radius 2 is 1.96 bits per heavy atom. The molecule has 2 fully saturated rings. The van der Waals surface area contributed by atoms with Gasteiger partial charge < -0.3 is 10.1 Å². The standard InChI is InChI=1S/C15H24N4O3S/c1-16-15-14(17-7-8-18-15)13-11-19(9-10-22-13)23(20,21)12-5-3-2-4-6-12/h7-8,12-13H,2-6,9-11H2,1H3,(H,16,18)/t13-/m1/s1. The molecular weight excluding hydrogens is 316 g/mol. The summed E-state index contributed by atoms with van der Waals surface area (Å²) in [6.07, 6.45) is 7.54. The maximum absolute atomic E-state index is 12.9. The van der Waals surface area contributed by atoms with E-state index in [4.69, 9.17) is 4.74 Å². The lowest BCUT2D eigenvalue weighted by molar-refractivity contribution is -0.00507. The molecule has 0 bridgehead atoms. The average Bonchev–Trinajstić information content (AvgIpc) is 2.62. The molecular formula is C15H24N4O3S. The second-order valence-electron chi connectivity index (χ2n) is 6.06. The summed E-state index contributed by atoms with van der Waals surface area (Å²) in [5.74, 6) is 0.634. The smallest absolute Gasteiger partial charge is 0.217 e. The van der Waals surface area contributed by atoms with Crippen molar-refractivity contribution in [3.63, 3.8) is 0 Å². The van der Waals surface area contributed by atoms with Gasteiger partial charge >= 0.3 is 0 Å². The Bertz CT molecular complexity index is 631. The largest absolute Gasteiger partial charge is 0.372 e. The molecule has 0 spiro atoms. The molecule has 0 aromatic carbocycles. The van der Waals surface area contributed by atoms with E-state index in [9.17, 15) is 8.42 Å². The highest BCUT2D eigenvalue weighted by Gasteiger charge is 2.37. The number of sulfonamides is 1. The minimum atomic E-state index is -3.26. The predicted molar refractivity (Wildman–Crippen MR) is 87.6 cm³/mol. The molecule has 1 aromatic heterocycles. The Kier molecular flexibility index (Phi) is 5.13. The van der Waals surface area contributed by atoms with Gasteiger partial charge in [-0.1, -0.05) is 19.3 Å². The van der Waals surface area contributed by atoms with Crippen LogP contribution in [0.3, 0.4) is 0 Å². The Morgan fingerprint density at radius 3 is 2.70 bits per heavy atom. The normalized spacial score (nSPS) is 24.5. The quantitative estimate of drug-likeness (QED) is 0.895. The van der Waals surface area contributed by atoms with Crippen LogP contribution in [-0.2, 0) is 14.8 Å². The molecule has 0 radical (unpaired) electrons. The molecule has 2 aliphatic rings. The maximum atomic E-state index is 12.9. The van der Waals surface area contributed by atoms with Crippen molar-refractivity contribution in [1.29, 1.82) is 0 Å². The minimum Gasteiger partial charge on any atom is -0.372 e. The van der Waals surface area contributed by atoms with E-state index in [1.165, 1.54) is 0 Å². The summed E-state index contributed by atoms with van der Waals surface area (Å²) in [5, 5.41) is 2.75. The van der Waals surface area contributed by atoms with Gasteiger partial charge in [-0.05, 0) is 12.8 Å². The van der Waals surface area contributed by atoms with Gasteiger partial charge in [-0.2, -0.15) is 4.31 Å². The fraction of sp³-hybridized carbons (Fsp3) is 0.733. The number of hydrogen-bond acceptors (Lipinski definition) is 6. The van der Waals surface area contributed by atoms with Crippen LogP contribution in [0.15, 0.2) is 12.4 Å². The second-order valence-corrected chi connectivity index (χ2v) is 8.28. The van der Waals surface area contributed by atoms with Crippen LogP contribution in [0, 0.1) is 0 Å². The van der Waals surface area contributed by atoms with Crippen molar-refractivity contribution in [1.82, 2.24) is 14.3 Å². The lowest BCUT2D eigenvalue weighted by Crippen LogP contribution is -2.47. The lowest BCUT2D eigenvalue weighted by Gasteiger charge is -2.35. The molecule has 7 nitrogen and oxygen atoms in total. The van der Waals surface area contributed by atoms with Gasteiger partial charge in [-0.15, -0.1) is 0 Å². The van der Waals surface area contributed by atoms with Gasteiger partial charge in [0.1, 0.15) is 17.6 Å². The Balaban J connectivity index is 1.77. The summed E-state index contributed by atoms with van der Waals surface area (Å²) in [6, 6.07) is 0. The first kappa shape index (κ1) is 16.6. The van der Waals surface area contributed by atoms with Gasteiger partial charge in [-0.3, -0.25) is 4.98 Å². The Morgan fingerprint density at radius 1 is 1.22 bits per heavy atom. The monoisotopic (exact) mass is 340 g/mol. The summed E-state index contributed by atoms with van der Waals surface area (Å²) in [5.41, 5.74) is 0.665. The van der Waals surface area contributed by atoms with Crippen LogP contribution in [-0.4, -0.2) is 54.7 Å². The molecule has 1 N–H and O–H groups in total. The number of rotatable bonds is 4. The molecule has 1 aromatic rings. The van der Waals surface area contributed by atoms with Crippen molar-refractivity contribution in [3.05, 3.63) is 18.1 Å². The first-order chi connectivity index (χ1) is 11.1. The van der Waals surface area contributed by atoms with Crippen molar-refractivity contribution in [2.24, 2.45) is 0 Å². The highest BCUT2D eigenvalue weighted by molar-refractivity contribution is 7.89. The molecule has 0 unspecified atom stereocenters. The van der Waals surface area contributed by atoms with E-state index >= 15 is 0 Å². The third-order valence-corrected chi connectivity index (χ3v) is 7.00. The first-order valence-corrected chi connectivity index (χ1v) is 9.72. The van der Waals surface area contributed by atoms with Crippen LogP contribution in [0.5, 0.6) is 0 Å². The molecule has 1 aliphatic heterocycles. The zero-order chi connectivity index (χ0) is 16.3. The van der Waals surface area contributed by atoms with Gasteiger partial charge in [-0.25, -0.2) is 13.4 Å². The summed E-state index contributed by atoms with van der Waals surface area (Å²) in [6.45, 7) is 1.12. The third-order valence-electron chi connectivity index (χ3n) is 4.63. The van der Waals surface area contributed by atoms with E-state index in [-0.39, 0.29) is 11.4 Å². The maximum Gasteiger partial charge on any atom is 0.217 e. The molecule has 3 rings (SSSR count). The number of anilines is 1. The van der Waals surface area contributed by atoms with Crippen LogP contribution in [0.25, 0.3) is 0 Å². The molecule has 23 heavy (non-hydrogen) atoms. The van der Waals surface area contributed by atoms with Crippen LogP contribution >= 0.6 is 0 Å². The van der Waals surface area contributed by atoms with E-state index in [0.29, 0.717) is 31.2 Å². The number of nitrogens with one attached hydrogen (secondary N) is 1. The molecule has 8 heteroatoms. The lowest BCUT2D eigenvalue weighted by atomic mass is 10.0. The zero-order valence-electron chi connectivity index (χ0n) is 13.4. The van der Waals surface area contributed by atoms with E-state index in [1.807, 2.05) is 0 Å². The van der Waals surface area contributed by atoms with Crippen LogP contribution in [0.1, 0.15) is 43.9 Å². The molecule has 0 amide bonds. The highest BCUT2D eigenvalue weighted by Crippen LogP contribution is 2.31. The van der Waals surface area contributed by atoms with Crippen LogP contribution in [0.2, 0.25) is 0 Å². The number of hydrogen-bond donors (Lipinski definition) is 1. The molecule has 1 atom stereocenters. The second kappa shape index (κ2) is 7.11. The van der Waals surface area contributed by atoms with E-state index in [2.05, 4.69) is 15.3 Å². The molecule has 2 heterocycles. The van der Waals surface area contributed by atoms with Crippen molar-refractivity contribution < 1.29 is 13.2 Å². The summed E-state index contributed by atoms with van der Waals surface area (Å²) >= 11 is 0. The van der Waals surface area contributed by atoms with Crippen molar-refractivity contribution in [2.75, 3.05) is 32.1 Å².